The van der Waals surface area contributed by atoms with Crippen LogP contribution in [0.4, 0.5) is 0 Å². The summed E-state index contributed by atoms with van der Waals surface area (Å²) >= 11 is 0. The van der Waals surface area contributed by atoms with E-state index in [0.29, 0.717) is 18.7 Å². The summed E-state index contributed by atoms with van der Waals surface area (Å²) in [7, 11) is 0. The maximum atomic E-state index is 8.71. The van der Waals surface area contributed by atoms with Gasteiger partial charge in [-0.3, -0.25) is 0 Å². The second-order valence-electron chi connectivity index (χ2n) is 3.36. The first-order valence-corrected chi connectivity index (χ1v) is 4.06. The normalized spacial score (nSPS) is 12.0. The predicted molar refractivity (Wildman–Crippen MR) is 43.2 cm³/mol. The van der Waals surface area contributed by atoms with Crippen LogP contribution in [0.3, 0.4) is 0 Å². The summed E-state index contributed by atoms with van der Waals surface area (Å²) in [5.41, 5.74) is 0. The van der Waals surface area contributed by atoms with Crippen molar-refractivity contribution in [2.75, 3.05) is 13.2 Å². The SMILES string of the molecule is CC(C)[NH+](CCO)C(C)C. The fourth-order valence-electron chi connectivity index (χ4n) is 1.37. The highest BCUT2D eigenvalue weighted by Crippen LogP contribution is 1.75. The summed E-state index contributed by atoms with van der Waals surface area (Å²) < 4.78 is 0. The third kappa shape index (κ3) is 3.18. The van der Waals surface area contributed by atoms with E-state index in [0.717, 1.165) is 6.54 Å². The first kappa shape index (κ1) is 9.92. The van der Waals surface area contributed by atoms with Crippen LogP contribution in [0.2, 0.25) is 0 Å². The molecule has 2 N–H and O–H groups in total. The number of aliphatic hydroxyl groups is 1. The zero-order valence-electron chi connectivity index (χ0n) is 7.52. The Hall–Kier alpha value is -0.0800. The Labute approximate surface area is 63.8 Å². The van der Waals surface area contributed by atoms with E-state index in [2.05, 4.69) is 27.7 Å². The Bertz CT molecular complexity index is 73.3. The largest absolute Gasteiger partial charge is 0.391 e. The second kappa shape index (κ2) is 4.69. The maximum absolute atomic E-state index is 8.71. The molecule has 0 aromatic carbocycles. The van der Waals surface area contributed by atoms with Crippen molar-refractivity contribution < 1.29 is 10.0 Å². The summed E-state index contributed by atoms with van der Waals surface area (Å²) in [5, 5.41) is 8.71. The predicted octanol–water partition coefficient (Wildman–Crippen LogP) is -0.320. The average Bonchev–Trinajstić information content (AvgIpc) is 1.81. The van der Waals surface area contributed by atoms with Crippen molar-refractivity contribution in [3.63, 3.8) is 0 Å². The summed E-state index contributed by atoms with van der Waals surface area (Å²) in [6.07, 6.45) is 0. The van der Waals surface area contributed by atoms with Gasteiger partial charge in [-0.1, -0.05) is 0 Å². The molecule has 0 spiro atoms. The van der Waals surface area contributed by atoms with E-state index in [1.807, 2.05) is 0 Å². The van der Waals surface area contributed by atoms with Gasteiger partial charge < -0.3 is 10.0 Å². The highest BCUT2D eigenvalue weighted by atomic mass is 16.3. The standard InChI is InChI=1S/C8H19NO/c1-7(2)9(5-6-10)8(3)4/h7-8,10H,5-6H2,1-4H3/p+1. The molecule has 0 atom stereocenters. The molecule has 62 valence electrons. The molecule has 0 aromatic rings. The smallest absolute Gasteiger partial charge is 0.101 e. The number of nitrogens with one attached hydrogen (secondary N) is 1. The lowest BCUT2D eigenvalue weighted by atomic mass is 10.2. The lowest BCUT2D eigenvalue weighted by Crippen LogP contribution is -3.18. The highest BCUT2D eigenvalue weighted by Gasteiger charge is 2.15. The molecule has 0 fully saturated rings. The lowest BCUT2D eigenvalue weighted by Gasteiger charge is -2.26. The average molecular weight is 146 g/mol. The van der Waals surface area contributed by atoms with Crippen molar-refractivity contribution >= 4 is 0 Å². The van der Waals surface area contributed by atoms with Crippen molar-refractivity contribution in [1.82, 2.24) is 0 Å². The van der Waals surface area contributed by atoms with Gasteiger partial charge in [0.1, 0.15) is 6.54 Å². The molecule has 0 unspecified atom stereocenters. The molecule has 10 heavy (non-hydrogen) atoms. The zero-order valence-corrected chi connectivity index (χ0v) is 7.52. The van der Waals surface area contributed by atoms with E-state index in [4.69, 9.17) is 5.11 Å². The van der Waals surface area contributed by atoms with Crippen LogP contribution in [0, 0.1) is 0 Å². The number of quaternary nitrogens is 1. The van der Waals surface area contributed by atoms with Crippen LogP contribution in [0.15, 0.2) is 0 Å². The van der Waals surface area contributed by atoms with Gasteiger partial charge in [0.25, 0.3) is 0 Å². The van der Waals surface area contributed by atoms with Gasteiger partial charge >= 0.3 is 0 Å². The van der Waals surface area contributed by atoms with E-state index >= 15 is 0 Å². The minimum absolute atomic E-state index is 0.297. The van der Waals surface area contributed by atoms with Gasteiger partial charge in [-0.05, 0) is 27.7 Å². The van der Waals surface area contributed by atoms with Crippen LogP contribution in [-0.2, 0) is 0 Å². The van der Waals surface area contributed by atoms with Crippen molar-refractivity contribution in [2.24, 2.45) is 0 Å². The van der Waals surface area contributed by atoms with Crippen LogP contribution >= 0.6 is 0 Å². The van der Waals surface area contributed by atoms with E-state index in [9.17, 15) is 0 Å². The summed E-state index contributed by atoms with van der Waals surface area (Å²) in [6, 6.07) is 1.24. The Morgan fingerprint density at radius 3 is 1.60 bits per heavy atom. The number of hydrogen-bond acceptors (Lipinski definition) is 1. The van der Waals surface area contributed by atoms with Crippen LogP contribution in [-0.4, -0.2) is 30.3 Å². The fraction of sp³-hybridized carbons (Fsp3) is 1.00. The molecule has 0 saturated carbocycles. The summed E-state index contributed by atoms with van der Waals surface area (Å²) in [6.45, 7) is 9.91. The Morgan fingerprint density at radius 2 is 1.50 bits per heavy atom. The van der Waals surface area contributed by atoms with Gasteiger partial charge in [-0.2, -0.15) is 0 Å². The van der Waals surface area contributed by atoms with Gasteiger partial charge in [0.2, 0.25) is 0 Å². The first-order valence-electron chi connectivity index (χ1n) is 4.06. The molecule has 0 radical (unpaired) electrons. The molecule has 0 heterocycles. The molecule has 2 nitrogen and oxygen atoms in total. The molecule has 0 aliphatic rings. The molecule has 0 aliphatic heterocycles. The minimum Gasteiger partial charge on any atom is -0.391 e. The lowest BCUT2D eigenvalue weighted by molar-refractivity contribution is -0.942. The Morgan fingerprint density at radius 1 is 1.10 bits per heavy atom. The quantitative estimate of drug-likeness (QED) is 0.558. The van der Waals surface area contributed by atoms with Crippen molar-refractivity contribution in [1.29, 1.82) is 0 Å². The van der Waals surface area contributed by atoms with Gasteiger partial charge in [0.15, 0.2) is 0 Å². The zero-order chi connectivity index (χ0) is 8.15. The monoisotopic (exact) mass is 146 g/mol. The first-order chi connectivity index (χ1) is 4.59. The number of hydrogen-bond donors (Lipinski definition) is 2. The number of rotatable bonds is 4. The molecular formula is C8H20NO+. The van der Waals surface area contributed by atoms with Crippen LogP contribution in [0.25, 0.3) is 0 Å². The topological polar surface area (TPSA) is 24.7 Å². The van der Waals surface area contributed by atoms with E-state index in [-0.39, 0.29) is 0 Å². The van der Waals surface area contributed by atoms with Crippen molar-refractivity contribution in [3.05, 3.63) is 0 Å². The molecule has 0 aromatic heterocycles. The van der Waals surface area contributed by atoms with Crippen LogP contribution in [0.5, 0.6) is 0 Å². The van der Waals surface area contributed by atoms with E-state index in [1.165, 1.54) is 4.90 Å². The molecular weight excluding hydrogens is 126 g/mol. The third-order valence-corrected chi connectivity index (χ3v) is 1.88. The van der Waals surface area contributed by atoms with Gasteiger partial charge in [0.05, 0.1) is 18.7 Å². The number of aliphatic hydroxyl groups excluding tert-OH is 1. The van der Waals surface area contributed by atoms with Crippen LogP contribution < -0.4 is 4.90 Å². The fourth-order valence-corrected chi connectivity index (χ4v) is 1.37. The molecule has 0 saturated heterocycles. The van der Waals surface area contributed by atoms with Gasteiger partial charge in [-0.15, -0.1) is 0 Å². The second-order valence-corrected chi connectivity index (χ2v) is 3.36. The summed E-state index contributed by atoms with van der Waals surface area (Å²) in [4.78, 5) is 1.47. The molecule has 0 aliphatic carbocycles. The van der Waals surface area contributed by atoms with E-state index in [1.54, 1.807) is 0 Å². The third-order valence-electron chi connectivity index (χ3n) is 1.88. The van der Waals surface area contributed by atoms with Crippen LogP contribution in [0.1, 0.15) is 27.7 Å². The van der Waals surface area contributed by atoms with Gasteiger partial charge in [0, 0.05) is 0 Å². The Balaban J connectivity index is 3.73. The van der Waals surface area contributed by atoms with E-state index < -0.39 is 0 Å². The molecule has 0 rings (SSSR count). The Kier molecular flexibility index (Phi) is 4.65. The minimum atomic E-state index is 0.297. The molecule has 0 amide bonds. The van der Waals surface area contributed by atoms with Crippen molar-refractivity contribution in [2.45, 2.75) is 39.8 Å². The maximum Gasteiger partial charge on any atom is 0.101 e. The summed E-state index contributed by atoms with van der Waals surface area (Å²) in [5.74, 6) is 0. The highest BCUT2D eigenvalue weighted by molar-refractivity contribution is 4.40. The van der Waals surface area contributed by atoms with Crippen molar-refractivity contribution in [3.8, 4) is 0 Å². The molecule has 2 heteroatoms. The molecule has 0 bridgehead atoms. The van der Waals surface area contributed by atoms with Gasteiger partial charge in [-0.25, -0.2) is 0 Å².